The summed E-state index contributed by atoms with van der Waals surface area (Å²) < 4.78 is 33.6. The highest BCUT2D eigenvalue weighted by molar-refractivity contribution is 14.1. The van der Waals surface area contributed by atoms with Crippen LogP contribution in [0.25, 0.3) is 5.70 Å². The number of benzene rings is 1. The van der Waals surface area contributed by atoms with Gasteiger partial charge in [0.2, 0.25) is 0 Å². The molecular formula is C18H16F2IN3O2. The predicted molar refractivity (Wildman–Crippen MR) is 104 cm³/mol. The number of alkyl halides is 1. The SMILES string of the molecule is Cc1cc(C2=C(Oc3ccc(F)cc3F)C=N[C@](C)(I)N2)cn(C)c1=O. The van der Waals surface area contributed by atoms with Crippen LogP contribution in [-0.4, -0.2) is 14.5 Å². The summed E-state index contributed by atoms with van der Waals surface area (Å²) in [6, 6.07) is 4.81. The Kier molecular flexibility index (Phi) is 4.87. The Labute approximate surface area is 162 Å². The van der Waals surface area contributed by atoms with Crippen molar-refractivity contribution in [2.24, 2.45) is 12.0 Å². The van der Waals surface area contributed by atoms with Gasteiger partial charge < -0.3 is 14.6 Å². The summed E-state index contributed by atoms with van der Waals surface area (Å²) in [7, 11) is 1.65. The summed E-state index contributed by atoms with van der Waals surface area (Å²) >= 11 is 2.12. The second-order valence-electron chi connectivity index (χ2n) is 6.08. The second kappa shape index (κ2) is 6.82. The van der Waals surface area contributed by atoms with E-state index >= 15 is 0 Å². The molecule has 1 aliphatic rings. The zero-order valence-electron chi connectivity index (χ0n) is 14.3. The van der Waals surface area contributed by atoms with Gasteiger partial charge in [-0.25, -0.2) is 8.78 Å². The van der Waals surface area contributed by atoms with Crippen molar-refractivity contribution in [3.63, 3.8) is 0 Å². The minimum absolute atomic E-state index is 0.108. The molecule has 0 fully saturated rings. The van der Waals surface area contributed by atoms with Gasteiger partial charge in [0.1, 0.15) is 5.82 Å². The maximum atomic E-state index is 14.0. The fourth-order valence-corrected chi connectivity index (χ4v) is 2.96. The molecule has 0 unspecified atom stereocenters. The number of halogens is 3. The second-order valence-corrected chi connectivity index (χ2v) is 8.18. The number of hydrogen-bond acceptors (Lipinski definition) is 4. The molecule has 1 aliphatic heterocycles. The van der Waals surface area contributed by atoms with Gasteiger partial charge in [0.15, 0.2) is 21.0 Å². The van der Waals surface area contributed by atoms with Gasteiger partial charge in [0.25, 0.3) is 5.56 Å². The number of aliphatic imine (C=N–C) groups is 1. The molecule has 0 spiro atoms. The molecule has 136 valence electrons. The number of allylic oxidation sites excluding steroid dienone is 1. The van der Waals surface area contributed by atoms with Crippen molar-refractivity contribution in [2.45, 2.75) is 17.5 Å². The third-order valence-corrected chi connectivity index (χ3v) is 4.34. The van der Waals surface area contributed by atoms with Crippen LogP contribution in [0.4, 0.5) is 8.78 Å². The third-order valence-electron chi connectivity index (χ3n) is 3.79. The van der Waals surface area contributed by atoms with Crippen LogP contribution >= 0.6 is 22.6 Å². The number of hydrogen-bond donors (Lipinski definition) is 1. The molecule has 0 saturated heterocycles. The van der Waals surface area contributed by atoms with Gasteiger partial charge in [-0.15, -0.1) is 0 Å². The Hall–Kier alpha value is -2.23. The van der Waals surface area contributed by atoms with E-state index in [9.17, 15) is 13.6 Å². The average Bonchev–Trinajstić information content (AvgIpc) is 2.55. The van der Waals surface area contributed by atoms with Gasteiger partial charge >= 0.3 is 0 Å². The Balaban J connectivity index is 2.11. The number of ether oxygens (including phenoxy) is 1. The molecule has 1 N–H and O–H groups in total. The van der Waals surface area contributed by atoms with Crippen LogP contribution in [-0.2, 0) is 7.05 Å². The molecule has 2 aromatic rings. The molecule has 3 rings (SSSR count). The van der Waals surface area contributed by atoms with E-state index in [4.69, 9.17) is 4.74 Å². The first-order valence-corrected chi connectivity index (χ1v) is 8.81. The van der Waals surface area contributed by atoms with E-state index in [0.29, 0.717) is 16.8 Å². The highest BCUT2D eigenvalue weighted by Crippen LogP contribution is 2.30. The first-order valence-electron chi connectivity index (χ1n) is 7.73. The van der Waals surface area contributed by atoms with Gasteiger partial charge in [0.05, 0.1) is 11.9 Å². The van der Waals surface area contributed by atoms with Gasteiger partial charge in [-0.2, -0.15) is 0 Å². The number of aromatic nitrogens is 1. The van der Waals surface area contributed by atoms with Crippen LogP contribution in [0.1, 0.15) is 18.1 Å². The Bertz CT molecular complexity index is 970. The summed E-state index contributed by atoms with van der Waals surface area (Å²) in [5.74, 6) is -1.36. The lowest BCUT2D eigenvalue weighted by Gasteiger charge is -2.28. The monoisotopic (exact) mass is 471 g/mol. The minimum Gasteiger partial charge on any atom is -0.450 e. The van der Waals surface area contributed by atoms with Gasteiger partial charge in [-0.3, -0.25) is 9.79 Å². The fraction of sp³-hybridized carbons (Fsp3) is 0.222. The zero-order valence-corrected chi connectivity index (χ0v) is 16.5. The summed E-state index contributed by atoms with van der Waals surface area (Å²) in [6.07, 6.45) is 3.15. The van der Waals surface area contributed by atoms with Crippen molar-refractivity contribution in [1.29, 1.82) is 0 Å². The van der Waals surface area contributed by atoms with Crippen LogP contribution in [0.3, 0.4) is 0 Å². The maximum Gasteiger partial charge on any atom is 0.253 e. The van der Waals surface area contributed by atoms with Crippen LogP contribution < -0.4 is 15.6 Å². The minimum atomic E-state index is -0.815. The number of nitrogens with zero attached hydrogens (tertiary/aromatic N) is 2. The Morgan fingerprint density at radius 1 is 1.31 bits per heavy atom. The molecule has 26 heavy (non-hydrogen) atoms. The van der Waals surface area contributed by atoms with E-state index in [1.807, 2.05) is 6.92 Å². The van der Waals surface area contributed by atoms with Crippen LogP contribution in [0.2, 0.25) is 0 Å². The maximum absolute atomic E-state index is 14.0. The lowest BCUT2D eigenvalue weighted by Crippen LogP contribution is -2.37. The normalized spacial score (nSPS) is 19.5. The molecule has 0 bridgehead atoms. The first-order chi connectivity index (χ1) is 12.2. The molecule has 1 aromatic heterocycles. The molecule has 0 aliphatic carbocycles. The van der Waals surface area contributed by atoms with E-state index in [2.05, 4.69) is 32.9 Å². The molecular weight excluding hydrogens is 455 g/mol. The van der Waals surface area contributed by atoms with E-state index in [0.717, 1.165) is 12.1 Å². The Morgan fingerprint density at radius 2 is 2.04 bits per heavy atom. The van der Waals surface area contributed by atoms with E-state index in [1.165, 1.54) is 16.8 Å². The molecule has 1 atom stereocenters. The van der Waals surface area contributed by atoms with Gasteiger partial charge in [-0.1, -0.05) is 0 Å². The lowest BCUT2D eigenvalue weighted by molar-refractivity contribution is 0.412. The molecule has 5 nitrogen and oxygen atoms in total. The zero-order chi connectivity index (χ0) is 19.1. The van der Waals surface area contributed by atoms with Crippen molar-refractivity contribution in [3.05, 3.63) is 69.3 Å². The summed E-state index contributed by atoms with van der Waals surface area (Å²) in [4.78, 5) is 16.3. The van der Waals surface area contributed by atoms with Crippen molar-refractivity contribution in [1.82, 2.24) is 9.88 Å². The summed E-state index contributed by atoms with van der Waals surface area (Å²) in [6.45, 7) is 3.57. The quantitative estimate of drug-likeness (QED) is 0.424. The van der Waals surface area contributed by atoms with Crippen LogP contribution in [0.5, 0.6) is 5.75 Å². The number of rotatable bonds is 3. The highest BCUT2D eigenvalue weighted by atomic mass is 127. The molecule has 0 amide bonds. The number of pyridine rings is 1. The number of nitrogens with one attached hydrogen (secondary N) is 1. The first kappa shape index (κ1) is 18.6. The van der Waals surface area contributed by atoms with Gasteiger partial charge in [0, 0.05) is 30.4 Å². The topological polar surface area (TPSA) is 55.6 Å². The van der Waals surface area contributed by atoms with Crippen LogP contribution in [0, 0.1) is 18.6 Å². The molecule has 0 radical (unpaired) electrons. The summed E-state index contributed by atoms with van der Waals surface area (Å²) in [5.41, 5.74) is 1.70. The third kappa shape index (κ3) is 3.79. The predicted octanol–water partition coefficient (Wildman–Crippen LogP) is 3.50. The van der Waals surface area contributed by atoms with Crippen LogP contribution in [0.15, 0.2) is 46.0 Å². The fourth-order valence-electron chi connectivity index (χ4n) is 2.55. The Morgan fingerprint density at radius 3 is 2.69 bits per heavy atom. The smallest absolute Gasteiger partial charge is 0.253 e. The van der Waals surface area contributed by atoms with Crippen molar-refractivity contribution < 1.29 is 13.5 Å². The molecule has 2 heterocycles. The van der Waals surface area contributed by atoms with Gasteiger partial charge in [-0.05, 0) is 54.6 Å². The standard InChI is InChI=1S/C18H16F2IN3O2/c1-10-6-11(9-24(3)17(10)25)16-15(8-22-18(2,21)23-16)26-14-5-4-12(19)7-13(14)20/h4-9,23H,1-3H3/t18-/m0/s1. The average molecular weight is 471 g/mol. The van der Waals surface area contributed by atoms with E-state index in [-0.39, 0.29) is 17.1 Å². The van der Waals surface area contributed by atoms with E-state index < -0.39 is 15.3 Å². The summed E-state index contributed by atoms with van der Waals surface area (Å²) in [5, 5.41) is 3.22. The van der Waals surface area contributed by atoms with Crippen molar-refractivity contribution >= 4 is 34.5 Å². The number of aryl methyl sites for hydroxylation is 2. The molecule has 1 aromatic carbocycles. The lowest BCUT2D eigenvalue weighted by atomic mass is 10.1. The highest BCUT2D eigenvalue weighted by Gasteiger charge is 2.27. The molecule has 0 saturated carbocycles. The van der Waals surface area contributed by atoms with Crippen molar-refractivity contribution in [2.75, 3.05) is 0 Å². The van der Waals surface area contributed by atoms with E-state index in [1.54, 1.807) is 26.2 Å². The largest absolute Gasteiger partial charge is 0.450 e. The van der Waals surface area contributed by atoms with Crippen molar-refractivity contribution in [3.8, 4) is 5.75 Å². The molecule has 8 heteroatoms.